The minimum absolute atomic E-state index is 0.527. The van der Waals surface area contributed by atoms with Crippen molar-refractivity contribution in [3.63, 3.8) is 0 Å². The van der Waals surface area contributed by atoms with Crippen LogP contribution in [-0.4, -0.2) is 15.0 Å². The molecule has 0 aromatic carbocycles. The summed E-state index contributed by atoms with van der Waals surface area (Å²) in [6, 6.07) is 0. The summed E-state index contributed by atoms with van der Waals surface area (Å²) in [5.41, 5.74) is 2.43. The third kappa shape index (κ3) is 2.61. The van der Waals surface area contributed by atoms with Gasteiger partial charge in [0.2, 0.25) is 0 Å². The number of hydrogen-bond donors (Lipinski definition) is 3. The van der Waals surface area contributed by atoms with Crippen molar-refractivity contribution in [2.45, 2.75) is 6.54 Å². The number of anilines is 2. The van der Waals surface area contributed by atoms with Crippen LogP contribution in [0.3, 0.4) is 0 Å². The highest BCUT2D eigenvalue weighted by molar-refractivity contribution is 7.09. The predicted molar refractivity (Wildman–Crippen MR) is 59.3 cm³/mol. The van der Waals surface area contributed by atoms with Gasteiger partial charge in [-0.3, -0.25) is 4.98 Å². The molecule has 0 aliphatic rings. The fourth-order valence-electron chi connectivity index (χ4n) is 1.03. The first-order valence-corrected chi connectivity index (χ1v) is 5.17. The second-order valence-corrected chi connectivity index (χ2v) is 3.69. The summed E-state index contributed by atoms with van der Waals surface area (Å²) < 4.78 is 0. The Balaban J connectivity index is 1.98. The minimum atomic E-state index is 0.527. The van der Waals surface area contributed by atoms with Gasteiger partial charge in [-0.1, -0.05) is 0 Å². The van der Waals surface area contributed by atoms with Crippen LogP contribution in [0.4, 0.5) is 11.6 Å². The van der Waals surface area contributed by atoms with Crippen molar-refractivity contribution in [3.8, 4) is 0 Å². The topological polar surface area (TPSA) is 88.8 Å². The van der Waals surface area contributed by atoms with E-state index in [1.807, 2.05) is 5.38 Å². The molecule has 0 aliphatic carbocycles. The van der Waals surface area contributed by atoms with Crippen molar-refractivity contribution < 1.29 is 0 Å². The van der Waals surface area contributed by atoms with Crippen molar-refractivity contribution >= 4 is 23.0 Å². The molecule has 4 N–H and O–H groups in total. The van der Waals surface area contributed by atoms with Crippen molar-refractivity contribution in [1.82, 2.24) is 15.0 Å². The summed E-state index contributed by atoms with van der Waals surface area (Å²) in [6.07, 6.45) is 4.95. The number of nitrogens with zero attached hydrogens (tertiary/aromatic N) is 3. The van der Waals surface area contributed by atoms with Gasteiger partial charge in [0.15, 0.2) is 5.82 Å². The Hall–Kier alpha value is -1.73. The van der Waals surface area contributed by atoms with Crippen LogP contribution in [-0.2, 0) is 6.54 Å². The van der Waals surface area contributed by atoms with Crippen molar-refractivity contribution in [1.29, 1.82) is 0 Å². The summed E-state index contributed by atoms with van der Waals surface area (Å²) in [5.74, 6) is 6.41. The van der Waals surface area contributed by atoms with E-state index in [0.717, 1.165) is 5.01 Å². The Morgan fingerprint density at radius 1 is 1.33 bits per heavy atom. The van der Waals surface area contributed by atoms with E-state index in [-0.39, 0.29) is 0 Å². The maximum atomic E-state index is 5.22. The zero-order chi connectivity index (χ0) is 10.5. The fraction of sp³-hybridized carbons (Fsp3) is 0.125. The molecule has 0 bridgehead atoms. The molecular weight excluding hydrogens is 212 g/mol. The van der Waals surface area contributed by atoms with Crippen LogP contribution in [0.5, 0.6) is 0 Å². The minimum Gasteiger partial charge on any atom is -0.362 e. The number of aromatic nitrogens is 3. The first-order valence-electron chi connectivity index (χ1n) is 4.29. The van der Waals surface area contributed by atoms with Crippen LogP contribution in [0.2, 0.25) is 0 Å². The average molecular weight is 222 g/mol. The van der Waals surface area contributed by atoms with Crippen LogP contribution < -0.4 is 16.6 Å². The van der Waals surface area contributed by atoms with Crippen LogP contribution >= 0.6 is 11.3 Å². The van der Waals surface area contributed by atoms with E-state index in [1.165, 1.54) is 0 Å². The molecular formula is C8H10N6S. The molecule has 0 saturated carbocycles. The number of hydrazine groups is 1. The third-order valence-corrected chi connectivity index (χ3v) is 2.47. The second-order valence-electron chi connectivity index (χ2n) is 2.71. The Morgan fingerprint density at radius 3 is 2.93 bits per heavy atom. The highest BCUT2D eigenvalue weighted by atomic mass is 32.1. The van der Waals surface area contributed by atoms with Gasteiger partial charge in [-0.2, -0.15) is 0 Å². The molecule has 0 radical (unpaired) electrons. The van der Waals surface area contributed by atoms with Crippen LogP contribution in [0.15, 0.2) is 24.0 Å². The molecule has 2 aromatic heterocycles. The number of thiazole rings is 1. The maximum absolute atomic E-state index is 5.22. The average Bonchev–Trinajstić information content (AvgIpc) is 2.79. The number of nitrogen functional groups attached to an aromatic ring is 1. The van der Waals surface area contributed by atoms with E-state index >= 15 is 0 Å². The van der Waals surface area contributed by atoms with Gasteiger partial charge in [-0.25, -0.2) is 15.8 Å². The van der Waals surface area contributed by atoms with Gasteiger partial charge < -0.3 is 10.7 Å². The quantitative estimate of drug-likeness (QED) is 0.524. The Kier molecular flexibility index (Phi) is 3.05. The van der Waals surface area contributed by atoms with E-state index in [0.29, 0.717) is 18.2 Å². The molecule has 7 heteroatoms. The molecule has 0 amide bonds. The van der Waals surface area contributed by atoms with Crippen molar-refractivity contribution in [3.05, 3.63) is 29.0 Å². The summed E-state index contributed by atoms with van der Waals surface area (Å²) in [4.78, 5) is 12.3. The van der Waals surface area contributed by atoms with E-state index in [4.69, 9.17) is 5.84 Å². The lowest BCUT2D eigenvalue weighted by Gasteiger charge is -2.04. The van der Waals surface area contributed by atoms with Crippen molar-refractivity contribution in [2.75, 3.05) is 10.7 Å². The molecule has 0 fully saturated rings. The van der Waals surface area contributed by atoms with Gasteiger partial charge in [0.25, 0.3) is 0 Å². The highest BCUT2D eigenvalue weighted by Crippen LogP contribution is 2.09. The van der Waals surface area contributed by atoms with Gasteiger partial charge >= 0.3 is 0 Å². The van der Waals surface area contributed by atoms with E-state index in [1.54, 1.807) is 29.9 Å². The lowest BCUT2D eigenvalue weighted by molar-refractivity contribution is 1.06. The molecule has 2 aromatic rings. The summed E-state index contributed by atoms with van der Waals surface area (Å²) >= 11 is 1.59. The Labute approximate surface area is 90.6 Å². The number of nitrogens with two attached hydrogens (primary N) is 1. The number of nitrogens with one attached hydrogen (secondary N) is 2. The predicted octanol–water partition coefficient (Wildman–Crippen LogP) is 0.831. The monoisotopic (exact) mass is 222 g/mol. The van der Waals surface area contributed by atoms with Crippen LogP contribution in [0.1, 0.15) is 5.01 Å². The lowest BCUT2D eigenvalue weighted by Crippen LogP contribution is -2.10. The summed E-state index contributed by atoms with van der Waals surface area (Å²) in [5, 5.41) is 6.03. The molecule has 0 aliphatic heterocycles. The van der Waals surface area contributed by atoms with Crippen LogP contribution in [0.25, 0.3) is 0 Å². The molecule has 0 spiro atoms. The van der Waals surface area contributed by atoms with Gasteiger partial charge in [0, 0.05) is 11.6 Å². The first kappa shape index (κ1) is 9.81. The maximum Gasteiger partial charge on any atom is 0.160 e. The van der Waals surface area contributed by atoms with Gasteiger partial charge in [0.05, 0.1) is 18.9 Å². The molecule has 2 heterocycles. The zero-order valence-corrected chi connectivity index (χ0v) is 8.66. The molecule has 0 atom stereocenters. The van der Waals surface area contributed by atoms with E-state index in [9.17, 15) is 0 Å². The van der Waals surface area contributed by atoms with E-state index in [2.05, 4.69) is 25.7 Å². The van der Waals surface area contributed by atoms with E-state index < -0.39 is 0 Å². The second kappa shape index (κ2) is 4.67. The van der Waals surface area contributed by atoms with Gasteiger partial charge in [-0.15, -0.1) is 11.3 Å². The standard InChI is InChI=1S/C8H10N6S/c9-14-7-4-10-3-6(13-7)12-5-8-11-1-2-15-8/h1-4H,5,9H2,(H2,12,13,14). The molecule has 0 unspecified atom stereocenters. The SMILES string of the molecule is NNc1cncc(NCc2nccs2)n1. The Bertz CT molecular complexity index is 415. The normalized spacial score (nSPS) is 9.93. The Morgan fingerprint density at radius 2 is 2.20 bits per heavy atom. The molecule has 2 rings (SSSR count). The smallest absolute Gasteiger partial charge is 0.160 e. The van der Waals surface area contributed by atoms with Crippen molar-refractivity contribution in [2.24, 2.45) is 5.84 Å². The molecule has 0 saturated heterocycles. The van der Waals surface area contributed by atoms with Crippen LogP contribution in [0, 0.1) is 0 Å². The molecule has 15 heavy (non-hydrogen) atoms. The third-order valence-electron chi connectivity index (χ3n) is 1.69. The van der Waals surface area contributed by atoms with Gasteiger partial charge in [0.1, 0.15) is 10.8 Å². The highest BCUT2D eigenvalue weighted by Gasteiger charge is 1.98. The zero-order valence-electron chi connectivity index (χ0n) is 7.84. The summed E-state index contributed by atoms with van der Waals surface area (Å²) in [6.45, 7) is 0.639. The molecule has 78 valence electrons. The van der Waals surface area contributed by atoms with Gasteiger partial charge in [-0.05, 0) is 0 Å². The number of hydrogen-bond acceptors (Lipinski definition) is 7. The molecule has 6 nitrogen and oxygen atoms in total. The fourth-order valence-corrected chi connectivity index (χ4v) is 1.58. The summed E-state index contributed by atoms with van der Waals surface area (Å²) in [7, 11) is 0. The largest absolute Gasteiger partial charge is 0.362 e. The first-order chi connectivity index (χ1) is 7.38. The number of rotatable bonds is 4. The lowest BCUT2D eigenvalue weighted by atomic mass is 10.6.